The van der Waals surface area contributed by atoms with Crippen LogP contribution in [0.1, 0.15) is 5.56 Å². The second kappa shape index (κ2) is 4.11. The molecule has 2 nitrogen and oxygen atoms in total. The highest BCUT2D eigenvalue weighted by Gasteiger charge is 2.13. The largest absolute Gasteiger partial charge is 0.497 e. The summed E-state index contributed by atoms with van der Waals surface area (Å²) >= 11 is 6.60. The Morgan fingerprint density at radius 1 is 1.36 bits per heavy atom. The lowest BCUT2D eigenvalue weighted by Gasteiger charge is -2.01. The van der Waals surface area contributed by atoms with Gasteiger partial charge in [-0.25, -0.2) is 4.99 Å². The number of nitrogens with zero attached hydrogens (tertiary/aromatic N) is 1. The zero-order chi connectivity index (χ0) is 9.97. The smallest absolute Gasteiger partial charge is 0.160 e. The van der Waals surface area contributed by atoms with Gasteiger partial charge in [-0.1, -0.05) is 24.0 Å². The van der Waals surface area contributed by atoms with E-state index in [4.69, 9.17) is 17.0 Å². The predicted octanol–water partition coefficient (Wildman–Crippen LogP) is 2.52. The molecule has 0 amide bonds. The van der Waals surface area contributed by atoms with Crippen LogP contribution in [-0.2, 0) is 0 Å². The number of rotatable bonds is 2. The van der Waals surface area contributed by atoms with Crippen molar-refractivity contribution < 1.29 is 4.74 Å². The van der Waals surface area contributed by atoms with Gasteiger partial charge in [0.2, 0.25) is 0 Å². The van der Waals surface area contributed by atoms with Crippen molar-refractivity contribution >= 4 is 34.0 Å². The van der Waals surface area contributed by atoms with Crippen molar-refractivity contribution in [3.8, 4) is 5.75 Å². The minimum Gasteiger partial charge on any atom is -0.497 e. The third-order valence-corrected chi connectivity index (χ3v) is 3.18. The third kappa shape index (κ3) is 1.96. The molecule has 1 heterocycles. The van der Waals surface area contributed by atoms with Crippen molar-refractivity contribution in [1.82, 2.24) is 0 Å². The van der Waals surface area contributed by atoms with E-state index in [0.717, 1.165) is 27.1 Å². The summed E-state index contributed by atoms with van der Waals surface area (Å²) in [6.07, 6.45) is 0. The molecule has 1 aliphatic rings. The lowest BCUT2D eigenvalue weighted by molar-refractivity contribution is 0.415. The van der Waals surface area contributed by atoms with E-state index in [9.17, 15) is 0 Å². The monoisotopic (exact) mass is 223 g/mol. The summed E-state index contributed by atoms with van der Waals surface area (Å²) in [6, 6.07) is 7.88. The lowest BCUT2D eigenvalue weighted by atomic mass is 10.1. The van der Waals surface area contributed by atoms with Crippen LogP contribution in [0, 0.1) is 0 Å². The molecule has 0 atom stereocenters. The minimum atomic E-state index is 0.732. The molecule has 2 rings (SSSR count). The number of hydrogen-bond acceptors (Lipinski definition) is 3. The number of hydrogen-bond donors (Lipinski definition) is 0. The van der Waals surface area contributed by atoms with Crippen LogP contribution in [0.2, 0.25) is 0 Å². The fourth-order valence-corrected chi connectivity index (χ4v) is 2.19. The second-order valence-electron chi connectivity index (χ2n) is 2.84. The number of thiocarbonyl (C=S) groups is 1. The van der Waals surface area contributed by atoms with E-state index in [0.29, 0.717) is 0 Å². The van der Waals surface area contributed by atoms with E-state index in [1.807, 2.05) is 24.3 Å². The number of methoxy groups -OCH3 is 1. The topological polar surface area (TPSA) is 21.6 Å². The van der Waals surface area contributed by atoms with Crippen LogP contribution in [0.5, 0.6) is 5.75 Å². The fourth-order valence-electron chi connectivity index (χ4n) is 1.24. The summed E-state index contributed by atoms with van der Waals surface area (Å²) < 4.78 is 5.81. The van der Waals surface area contributed by atoms with Gasteiger partial charge in [-0.2, -0.15) is 0 Å². The van der Waals surface area contributed by atoms with Gasteiger partial charge in [0.1, 0.15) is 5.75 Å². The zero-order valence-electron chi connectivity index (χ0n) is 7.69. The van der Waals surface area contributed by atoms with Crippen molar-refractivity contribution in [2.75, 3.05) is 12.9 Å². The maximum atomic E-state index is 5.08. The Kier molecular flexibility index (Phi) is 2.84. The van der Waals surface area contributed by atoms with Gasteiger partial charge >= 0.3 is 0 Å². The summed E-state index contributed by atoms with van der Waals surface area (Å²) in [6.45, 7) is 0. The van der Waals surface area contributed by atoms with Crippen LogP contribution < -0.4 is 4.74 Å². The Bertz CT molecular complexity index is 384. The average Bonchev–Trinajstić information content (AvgIpc) is 2.65. The molecule has 0 fully saturated rings. The number of ether oxygens (including phenoxy) is 1. The van der Waals surface area contributed by atoms with Crippen molar-refractivity contribution in [2.24, 2.45) is 4.99 Å². The molecule has 0 saturated heterocycles. The van der Waals surface area contributed by atoms with E-state index >= 15 is 0 Å². The fraction of sp³-hybridized carbons (Fsp3) is 0.200. The van der Waals surface area contributed by atoms with E-state index in [1.165, 1.54) is 0 Å². The molecule has 4 heteroatoms. The van der Waals surface area contributed by atoms with Gasteiger partial charge in [0.15, 0.2) is 4.32 Å². The number of aliphatic imine (C=N–C) groups is 1. The average molecular weight is 223 g/mol. The number of benzene rings is 1. The summed E-state index contributed by atoms with van der Waals surface area (Å²) in [5, 5.41) is 0. The molecular formula is C10H9NOS2. The van der Waals surface area contributed by atoms with Crippen LogP contribution in [-0.4, -0.2) is 22.9 Å². The van der Waals surface area contributed by atoms with Gasteiger partial charge in [0.05, 0.1) is 12.8 Å². The second-order valence-corrected chi connectivity index (χ2v) is 4.45. The lowest BCUT2D eigenvalue weighted by Crippen LogP contribution is -1.99. The van der Waals surface area contributed by atoms with Crippen molar-refractivity contribution in [3.05, 3.63) is 29.8 Å². The summed E-state index contributed by atoms with van der Waals surface area (Å²) in [5.74, 6) is 1.74. The molecule has 0 aromatic heterocycles. The van der Waals surface area contributed by atoms with Gasteiger partial charge in [0, 0.05) is 5.75 Å². The first-order valence-corrected chi connectivity index (χ1v) is 5.58. The first-order valence-electron chi connectivity index (χ1n) is 4.18. The Morgan fingerprint density at radius 2 is 2.07 bits per heavy atom. The highest BCUT2D eigenvalue weighted by atomic mass is 32.2. The van der Waals surface area contributed by atoms with Gasteiger partial charge in [-0.3, -0.25) is 0 Å². The quantitative estimate of drug-likeness (QED) is 0.719. The van der Waals surface area contributed by atoms with E-state index in [1.54, 1.807) is 18.9 Å². The standard InChI is InChI=1S/C10H9NOS2/c1-12-8-4-2-7(3-5-8)9-6-14-10(13)11-9/h2-5H,6H2,1H3. The van der Waals surface area contributed by atoms with Crippen LogP contribution in [0.25, 0.3) is 0 Å². The zero-order valence-corrected chi connectivity index (χ0v) is 9.32. The maximum Gasteiger partial charge on any atom is 0.160 e. The molecule has 0 bridgehead atoms. The summed E-state index contributed by atoms with van der Waals surface area (Å²) in [7, 11) is 1.66. The molecule has 1 aromatic carbocycles. The Labute approximate surface area is 92.4 Å². The van der Waals surface area contributed by atoms with Crippen LogP contribution in [0.15, 0.2) is 29.3 Å². The minimum absolute atomic E-state index is 0.732. The van der Waals surface area contributed by atoms with Crippen LogP contribution >= 0.6 is 24.0 Å². The Hall–Kier alpha value is -0.870. The molecule has 0 spiro atoms. The molecule has 1 aliphatic heterocycles. The maximum absolute atomic E-state index is 5.08. The van der Waals surface area contributed by atoms with Crippen molar-refractivity contribution in [3.63, 3.8) is 0 Å². The SMILES string of the molecule is COc1ccc(C2=NC(=S)SC2)cc1. The highest BCUT2D eigenvalue weighted by Crippen LogP contribution is 2.20. The molecule has 0 aliphatic carbocycles. The molecule has 0 radical (unpaired) electrons. The van der Waals surface area contributed by atoms with Gasteiger partial charge < -0.3 is 4.74 Å². The first-order chi connectivity index (χ1) is 6.79. The molecule has 0 unspecified atom stereocenters. The molecular weight excluding hydrogens is 214 g/mol. The van der Waals surface area contributed by atoms with Gasteiger partial charge in [-0.15, -0.1) is 0 Å². The number of thioether (sulfide) groups is 1. The molecule has 1 aromatic rings. The summed E-state index contributed by atoms with van der Waals surface area (Å²) in [4.78, 5) is 4.28. The van der Waals surface area contributed by atoms with Crippen molar-refractivity contribution in [1.29, 1.82) is 0 Å². The third-order valence-electron chi connectivity index (χ3n) is 1.98. The highest BCUT2D eigenvalue weighted by molar-refractivity contribution is 8.23. The predicted molar refractivity (Wildman–Crippen MR) is 64.6 cm³/mol. The van der Waals surface area contributed by atoms with Gasteiger partial charge in [0.25, 0.3) is 0 Å². The van der Waals surface area contributed by atoms with Crippen LogP contribution in [0.4, 0.5) is 0 Å². The van der Waals surface area contributed by atoms with E-state index in [-0.39, 0.29) is 0 Å². The Morgan fingerprint density at radius 3 is 2.57 bits per heavy atom. The summed E-state index contributed by atoms with van der Waals surface area (Å²) in [5.41, 5.74) is 2.18. The van der Waals surface area contributed by atoms with Gasteiger partial charge in [-0.05, 0) is 29.8 Å². The van der Waals surface area contributed by atoms with E-state index in [2.05, 4.69) is 4.99 Å². The Balaban J connectivity index is 2.25. The molecule has 72 valence electrons. The molecule has 14 heavy (non-hydrogen) atoms. The van der Waals surface area contributed by atoms with Crippen molar-refractivity contribution in [2.45, 2.75) is 0 Å². The first kappa shape index (κ1) is 9.68. The molecule has 0 N–H and O–H groups in total. The normalized spacial score (nSPS) is 15.5. The van der Waals surface area contributed by atoms with Crippen LogP contribution in [0.3, 0.4) is 0 Å². The molecule has 0 saturated carbocycles. The van der Waals surface area contributed by atoms with E-state index < -0.39 is 0 Å².